The quantitative estimate of drug-likeness (QED) is 0.401. The lowest BCUT2D eigenvalue weighted by atomic mass is 10.4. The summed E-state index contributed by atoms with van der Waals surface area (Å²) in [4.78, 5) is 33.0. The lowest BCUT2D eigenvalue weighted by Gasteiger charge is -2.17. The summed E-state index contributed by atoms with van der Waals surface area (Å²) in [6.45, 7) is 3.02. The van der Waals surface area contributed by atoms with Crippen LogP contribution in [0.4, 0.5) is 0 Å². The normalized spacial score (nSPS) is 10.0. The fraction of sp³-hybridized carbons (Fsp3) is 0.727. The molecule has 0 unspecified atom stereocenters. The number of carbonyl (C=O) groups excluding carboxylic acids is 3. The summed E-state index contributed by atoms with van der Waals surface area (Å²) in [5.41, 5.74) is 0. The molecule has 0 spiro atoms. The van der Waals surface area contributed by atoms with E-state index in [0.717, 1.165) is 0 Å². The molecule has 0 bridgehead atoms. The lowest BCUT2D eigenvalue weighted by molar-refractivity contribution is -0.164. The predicted octanol–water partition coefficient (Wildman–Crippen LogP) is 0.734. The summed E-state index contributed by atoms with van der Waals surface area (Å²) >= 11 is 3.75. The van der Waals surface area contributed by atoms with Crippen LogP contribution >= 0.6 is 12.6 Å². The molecule has 0 heterocycles. The van der Waals surface area contributed by atoms with Crippen molar-refractivity contribution in [3.63, 3.8) is 0 Å². The van der Waals surface area contributed by atoms with Crippen LogP contribution < -0.4 is 0 Å². The number of thiol groups is 1. The van der Waals surface area contributed by atoms with Gasteiger partial charge in [0.1, 0.15) is 13.2 Å². The van der Waals surface area contributed by atoms with E-state index in [2.05, 4.69) is 12.6 Å². The van der Waals surface area contributed by atoms with Crippen molar-refractivity contribution in [2.45, 2.75) is 32.8 Å². The van der Waals surface area contributed by atoms with Crippen LogP contribution in [0.3, 0.4) is 0 Å². The highest BCUT2D eigenvalue weighted by Gasteiger charge is 2.17. The number of rotatable bonds is 8. The van der Waals surface area contributed by atoms with Crippen LogP contribution in [0.1, 0.15) is 26.7 Å². The zero-order chi connectivity index (χ0) is 14.0. The van der Waals surface area contributed by atoms with Gasteiger partial charge in [-0.15, -0.1) is 0 Å². The maximum absolute atomic E-state index is 11.1. The highest BCUT2D eigenvalue weighted by molar-refractivity contribution is 7.81. The Morgan fingerprint density at radius 3 is 1.72 bits per heavy atom. The molecule has 0 saturated heterocycles. The third kappa shape index (κ3) is 7.94. The summed E-state index contributed by atoms with van der Waals surface area (Å²) in [5, 5.41) is 0. The lowest BCUT2D eigenvalue weighted by Crippen LogP contribution is -2.31. The van der Waals surface area contributed by atoms with Crippen LogP contribution in [0.5, 0.6) is 0 Å². The van der Waals surface area contributed by atoms with Gasteiger partial charge >= 0.3 is 17.9 Å². The van der Waals surface area contributed by atoms with Gasteiger partial charge in [0.25, 0.3) is 0 Å². The molecule has 0 aliphatic carbocycles. The van der Waals surface area contributed by atoms with Crippen molar-refractivity contribution in [2.75, 3.05) is 19.0 Å². The van der Waals surface area contributed by atoms with E-state index in [9.17, 15) is 14.4 Å². The molecule has 0 aromatic rings. The maximum atomic E-state index is 11.1. The summed E-state index contributed by atoms with van der Waals surface area (Å²) in [6.07, 6.45) is -0.347. The Balaban J connectivity index is 4.19. The second-order valence-corrected chi connectivity index (χ2v) is 3.66. The molecule has 0 amide bonds. The minimum absolute atomic E-state index is 0.0973. The number of carbonyl (C=O) groups is 3. The largest absolute Gasteiger partial charge is 0.462 e. The predicted molar refractivity (Wildman–Crippen MR) is 66.2 cm³/mol. The molecule has 6 nitrogen and oxygen atoms in total. The molecule has 104 valence electrons. The molecule has 7 heteroatoms. The van der Waals surface area contributed by atoms with Crippen LogP contribution in [0.2, 0.25) is 0 Å². The average molecular weight is 278 g/mol. The smallest absolute Gasteiger partial charge is 0.316 e. The third-order valence-electron chi connectivity index (χ3n) is 1.86. The highest BCUT2D eigenvalue weighted by Crippen LogP contribution is 2.00. The van der Waals surface area contributed by atoms with Gasteiger partial charge in [0, 0.05) is 12.8 Å². The second-order valence-electron chi connectivity index (χ2n) is 3.34. The standard InChI is InChI=1S/C11H18O6S/c1-3-9(12)15-5-8(17-11(14)7-18)6-16-10(13)4-2/h8,18H,3-7H2,1-2H3. The number of hydrogen-bond donors (Lipinski definition) is 1. The first-order chi connectivity index (χ1) is 8.53. The Morgan fingerprint density at radius 2 is 1.39 bits per heavy atom. The van der Waals surface area contributed by atoms with Gasteiger partial charge < -0.3 is 14.2 Å². The van der Waals surface area contributed by atoms with Gasteiger partial charge in [0.2, 0.25) is 0 Å². The zero-order valence-electron chi connectivity index (χ0n) is 10.5. The molecule has 0 atom stereocenters. The minimum Gasteiger partial charge on any atom is -0.462 e. The molecule has 18 heavy (non-hydrogen) atoms. The van der Waals surface area contributed by atoms with Gasteiger partial charge in [-0.1, -0.05) is 13.8 Å². The Hall–Kier alpha value is -1.24. The van der Waals surface area contributed by atoms with Crippen molar-refractivity contribution in [1.29, 1.82) is 0 Å². The number of ether oxygens (including phenoxy) is 3. The summed E-state index contributed by atoms with van der Waals surface area (Å²) in [5.74, 6) is -1.49. The van der Waals surface area contributed by atoms with E-state index in [1.165, 1.54) is 0 Å². The van der Waals surface area contributed by atoms with E-state index in [1.807, 2.05) is 0 Å². The van der Waals surface area contributed by atoms with Gasteiger partial charge in [0.05, 0.1) is 5.75 Å². The fourth-order valence-electron chi connectivity index (χ4n) is 0.915. The van der Waals surface area contributed by atoms with Gasteiger partial charge in [-0.3, -0.25) is 14.4 Å². The SMILES string of the molecule is CCC(=O)OCC(COC(=O)CC)OC(=O)CS. The summed E-state index contributed by atoms with van der Waals surface area (Å²) < 4.78 is 14.6. The van der Waals surface area contributed by atoms with E-state index in [1.54, 1.807) is 13.8 Å². The second kappa shape index (κ2) is 9.76. The molecule has 0 aliphatic heterocycles. The van der Waals surface area contributed by atoms with E-state index >= 15 is 0 Å². The van der Waals surface area contributed by atoms with E-state index in [-0.39, 0.29) is 31.8 Å². The van der Waals surface area contributed by atoms with Crippen LogP contribution in [0.15, 0.2) is 0 Å². The molecule has 0 radical (unpaired) electrons. The van der Waals surface area contributed by atoms with Crippen molar-refractivity contribution in [3.05, 3.63) is 0 Å². The summed E-state index contributed by atoms with van der Waals surface area (Å²) in [7, 11) is 0. The van der Waals surface area contributed by atoms with Crippen LogP contribution in [0.25, 0.3) is 0 Å². The van der Waals surface area contributed by atoms with Crippen molar-refractivity contribution < 1.29 is 28.6 Å². The van der Waals surface area contributed by atoms with Crippen molar-refractivity contribution in [2.24, 2.45) is 0 Å². The number of hydrogen-bond acceptors (Lipinski definition) is 7. The van der Waals surface area contributed by atoms with Gasteiger partial charge in [-0.25, -0.2) is 0 Å². The van der Waals surface area contributed by atoms with Crippen molar-refractivity contribution in [1.82, 2.24) is 0 Å². The van der Waals surface area contributed by atoms with E-state index in [4.69, 9.17) is 14.2 Å². The molecule has 0 aromatic carbocycles. The van der Waals surface area contributed by atoms with Crippen LogP contribution in [0, 0.1) is 0 Å². The monoisotopic (exact) mass is 278 g/mol. The first-order valence-corrected chi connectivity index (χ1v) is 6.28. The van der Waals surface area contributed by atoms with Gasteiger partial charge in [0.15, 0.2) is 6.10 Å². The minimum atomic E-state index is -0.796. The summed E-state index contributed by atoms with van der Waals surface area (Å²) in [6, 6.07) is 0. The molecular formula is C11H18O6S. The fourth-order valence-corrected chi connectivity index (χ4v) is 0.990. The molecule has 0 N–H and O–H groups in total. The van der Waals surface area contributed by atoms with E-state index < -0.39 is 24.0 Å². The molecule has 0 fully saturated rings. The highest BCUT2D eigenvalue weighted by atomic mass is 32.1. The molecule has 0 aliphatic rings. The van der Waals surface area contributed by atoms with Crippen molar-refractivity contribution >= 4 is 30.5 Å². The van der Waals surface area contributed by atoms with E-state index in [0.29, 0.717) is 0 Å². The van der Waals surface area contributed by atoms with Crippen LogP contribution in [-0.2, 0) is 28.6 Å². The Kier molecular flexibility index (Phi) is 9.08. The Labute approximate surface area is 111 Å². The third-order valence-corrected chi connectivity index (χ3v) is 2.12. The molecule has 0 aromatic heterocycles. The topological polar surface area (TPSA) is 78.9 Å². The first kappa shape index (κ1) is 16.8. The number of esters is 3. The van der Waals surface area contributed by atoms with Crippen molar-refractivity contribution in [3.8, 4) is 0 Å². The first-order valence-electron chi connectivity index (χ1n) is 5.65. The zero-order valence-corrected chi connectivity index (χ0v) is 11.4. The van der Waals surface area contributed by atoms with Gasteiger partial charge in [-0.2, -0.15) is 12.6 Å². The Morgan fingerprint density at radius 1 is 0.944 bits per heavy atom. The van der Waals surface area contributed by atoms with Crippen LogP contribution in [-0.4, -0.2) is 43.0 Å². The Bertz CT molecular complexity index is 271. The molecular weight excluding hydrogens is 260 g/mol. The molecule has 0 saturated carbocycles. The maximum Gasteiger partial charge on any atom is 0.316 e. The molecule has 0 rings (SSSR count). The van der Waals surface area contributed by atoms with Gasteiger partial charge in [-0.05, 0) is 0 Å². The average Bonchev–Trinajstić information content (AvgIpc) is 2.40.